The second-order valence-corrected chi connectivity index (χ2v) is 5.72. The molecule has 0 radical (unpaired) electrons. The molecular formula is C12H21N3O3S. The van der Waals surface area contributed by atoms with Gasteiger partial charge in [0.05, 0.1) is 12.3 Å². The summed E-state index contributed by atoms with van der Waals surface area (Å²) >= 11 is 0. The number of hydrogen-bond acceptors (Lipinski definition) is 5. The van der Waals surface area contributed by atoms with Gasteiger partial charge >= 0.3 is 0 Å². The number of hydrogen-bond donors (Lipinski definition) is 3. The zero-order chi connectivity index (χ0) is 14.3. The Hall–Kier alpha value is -1.31. The van der Waals surface area contributed by atoms with Crippen LogP contribution >= 0.6 is 0 Å². The van der Waals surface area contributed by atoms with Gasteiger partial charge in [0.25, 0.3) is 0 Å². The number of benzene rings is 1. The zero-order valence-corrected chi connectivity index (χ0v) is 11.9. The van der Waals surface area contributed by atoms with E-state index in [9.17, 15) is 8.42 Å². The van der Waals surface area contributed by atoms with Crippen molar-refractivity contribution in [1.82, 2.24) is 0 Å². The van der Waals surface area contributed by atoms with Gasteiger partial charge in [-0.05, 0) is 24.6 Å². The largest absolute Gasteiger partial charge is 0.398 e. The Kier molecular flexibility index (Phi) is 6.07. The van der Waals surface area contributed by atoms with E-state index in [-0.39, 0.29) is 10.6 Å². The number of nitrogens with one attached hydrogen (secondary N) is 1. The minimum Gasteiger partial charge on any atom is -0.398 e. The standard InChI is InChI=1S/C12H21N3O3S/c1-2-3-7-18-8-6-15-10-4-5-12(11(13)9-10)19(14,16)17/h4-5,9,15H,2-3,6-8,13H2,1H3,(H2,14,16,17). The lowest BCUT2D eigenvalue weighted by atomic mass is 10.3. The lowest BCUT2D eigenvalue weighted by molar-refractivity contribution is 0.141. The van der Waals surface area contributed by atoms with Crippen LogP contribution in [0.1, 0.15) is 19.8 Å². The summed E-state index contributed by atoms with van der Waals surface area (Å²) in [7, 11) is -3.76. The fourth-order valence-corrected chi connectivity index (χ4v) is 2.18. The molecule has 0 aromatic heterocycles. The predicted octanol–water partition coefficient (Wildman–Crippen LogP) is 1.14. The first-order chi connectivity index (χ1) is 8.95. The van der Waals surface area contributed by atoms with Crippen LogP contribution in [0.5, 0.6) is 0 Å². The molecule has 0 atom stereocenters. The molecule has 0 unspecified atom stereocenters. The van der Waals surface area contributed by atoms with E-state index < -0.39 is 10.0 Å². The molecule has 0 saturated carbocycles. The number of nitrogen functional groups attached to an aromatic ring is 1. The van der Waals surface area contributed by atoms with Gasteiger partial charge in [-0.25, -0.2) is 13.6 Å². The SMILES string of the molecule is CCCCOCCNc1ccc(S(N)(=O)=O)c(N)c1. The first kappa shape index (κ1) is 15.7. The summed E-state index contributed by atoms with van der Waals surface area (Å²) in [6.45, 7) is 4.09. The highest BCUT2D eigenvalue weighted by Gasteiger charge is 2.11. The first-order valence-corrected chi connectivity index (χ1v) is 7.73. The van der Waals surface area contributed by atoms with Gasteiger partial charge in [-0.2, -0.15) is 0 Å². The summed E-state index contributed by atoms with van der Waals surface area (Å²) in [4.78, 5) is -0.0581. The van der Waals surface area contributed by atoms with Crippen molar-refractivity contribution in [2.75, 3.05) is 30.8 Å². The van der Waals surface area contributed by atoms with Crippen LogP contribution in [0.4, 0.5) is 11.4 Å². The molecule has 1 aromatic rings. The van der Waals surface area contributed by atoms with Crippen LogP contribution < -0.4 is 16.2 Å². The summed E-state index contributed by atoms with van der Waals surface area (Å²) < 4.78 is 27.8. The predicted molar refractivity (Wildman–Crippen MR) is 76.4 cm³/mol. The zero-order valence-electron chi connectivity index (χ0n) is 11.1. The van der Waals surface area contributed by atoms with E-state index in [0.717, 1.165) is 25.1 Å². The highest BCUT2D eigenvalue weighted by Crippen LogP contribution is 2.21. The molecule has 0 saturated heterocycles. The molecule has 108 valence electrons. The third kappa shape index (κ3) is 5.46. The Bertz CT molecular complexity index is 503. The van der Waals surface area contributed by atoms with Crippen molar-refractivity contribution in [3.05, 3.63) is 18.2 Å². The summed E-state index contributed by atoms with van der Waals surface area (Å²) in [5.41, 5.74) is 6.53. The van der Waals surface area contributed by atoms with E-state index in [1.807, 2.05) is 0 Å². The van der Waals surface area contributed by atoms with Crippen molar-refractivity contribution in [3.8, 4) is 0 Å². The molecule has 19 heavy (non-hydrogen) atoms. The van der Waals surface area contributed by atoms with Crippen LogP contribution in [-0.4, -0.2) is 28.2 Å². The fourth-order valence-electron chi connectivity index (χ4n) is 1.53. The average Bonchev–Trinajstić information content (AvgIpc) is 2.32. The van der Waals surface area contributed by atoms with Crippen molar-refractivity contribution >= 4 is 21.4 Å². The van der Waals surface area contributed by atoms with Crippen LogP contribution in [0, 0.1) is 0 Å². The van der Waals surface area contributed by atoms with Crippen LogP contribution in [0.3, 0.4) is 0 Å². The van der Waals surface area contributed by atoms with Crippen molar-refractivity contribution in [2.24, 2.45) is 5.14 Å². The molecule has 0 bridgehead atoms. The van der Waals surface area contributed by atoms with E-state index in [1.165, 1.54) is 6.07 Å². The normalized spacial score (nSPS) is 11.5. The molecule has 6 nitrogen and oxygen atoms in total. The number of unbranched alkanes of at least 4 members (excludes halogenated alkanes) is 1. The minimum atomic E-state index is -3.76. The molecule has 1 rings (SSSR count). The number of ether oxygens (including phenoxy) is 1. The monoisotopic (exact) mass is 287 g/mol. The van der Waals surface area contributed by atoms with Crippen molar-refractivity contribution in [2.45, 2.75) is 24.7 Å². The summed E-state index contributed by atoms with van der Waals surface area (Å²) in [6.07, 6.45) is 2.16. The quantitative estimate of drug-likeness (QED) is 0.491. The molecule has 0 amide bonds. The van der Waals surface area contributed by atoms with Crippen LogP contribution in [0.2, 0.25) is 0 Å². The Morgan fingerprint density at radius 3 is 2.63 bits per heavy atom. The van der Waals surface area contributed by atoms with E-state index in [4.69, 9.17) is 15.6 Å². The van der Waals surface area contributed by atoms with Crippen molar-refractivity contribution in [3.63, 3.8) is 0 Å². The summed E-state index contributed by atoms with van der Waals surface area (Å²) in [5, 5.41) is 8.13. The second kappa shape index (κ2) is 7.32. The van der Waals surface area contributed by atoms with Crippen LogP contribution in [-0.2, 0) is 14.8 Å². The second-order valence-electron chi connectivity index (χ2n) is 4.19. The van der Waals surface area contributed by atoms with E-state index in [0.29, 0.717) is 13.2 Å². The number of sulfonamides is 1. The highest BCUT2D eigenvalue weighted by molar-refractivity contribution is 7.89. The molecule has 0 fully saturated rings. The number of rotatable bonds is 8. The van der Waals surface area contributed by atoms with Gasteiger partial charge in [0.1, 0.15) is 4.90 Å². The van der Waals surface area contributed by atoms with Gasteiger partial charge in [0.2, 0.25) is 10.0 Å². The van der Waals surface area contributed by atoms with Gasteiger partial charge in [0.15, 0.2) is 0 Å². The Morgan fingerprint density at radius 2 is 2.05 bits per heavy atom. The molecule has 0 heterocycles. The number of anilines is 2. The highest BCUT2D eigenvalue weighted by atomic mass is 32.2. The van der Waals surface area contributed by atoms with E-state index in [1.54, 1.807) is 12.1 Å². The van der Waals surface area contributed by atoms with Crippen molar-refractivity contribution < 1.29 is 13.2 Å². The van der Waals surface area contributed by atoms with Gasteiger partial charge in [-0.1, -0.05) is 13.3 Å². The fraction of sp³-hybridized carbons (Fsp3) is 0.500. The Labute approximate surface area is 114 Å². The van der Waals surface area contributed by atoms with Crippen molar-refractivity contribution in [1.29, 1.82) is 0 Å². The molecule has 5 N–H and O–H groups in total. The minimum absolute atomic E-state index is 0.0581. The Balaban J connectivity index is 2.46. The summed E-state index contributed by atoms with van der Waals surface area (Å²) in [5.74, 6) is 0. The molecule has 0 aliphatic carbocycles. The molecule has 0 spiro atoms. The van der Waals surface area contributed by atoms with Gasteiger partial charge in [-0.3, -0.25) is 0 Å². The van der Waals surface area contributed by atoms with E-state index in [2.05, 4.69) is 12.2 Å². The maximum Gasteiger partial charge on any atom is 0.240 e. The van der Waals surface area contributed by atoms with Crippen LogP contribution in [0.15, 0.2) is 23.1 Å². The third-order valence-corrected chi connectivity index (χ3v) is 3.52. The van der Waals surface area contributed by atoms with E-state index >= 15 is 0 Å². The van der Waals surface area contributed by atoms with Gasteiger partial charge < -0.3 is 15.8 Å². The van der Waals surface area contributed by atoms with Gasteiger partial charge in [-0.15, -0.1) is 0 Å². The van der Waals surface area contributed by atoms with Gasteiger partial charge in [0, 0.05) is 18.8 Å². The maximum absolute atomic E-state index is 11.2. The van der Waals surface area contributed by atoms with Crippen LogP contribution in [0.25, 0.3) is 0 Å². The lowest BCUT2D eigenvalue weighted by Crippen LogP contribution is -2.15. The third-order valence-electron chi connectivity index (χ3n) is 2.53. The number of nitrogens with two attached hydrogens (primary N) is 2. The molecule has 0 aliphatic heterocycles. The molecule has 7 heteroatoms. The number of primary sulfonamides is 1. The molecular weight excluding hydrogens is 266 g/mol. The topological polar surface area (TPSA) is 107 Å². The Morgan fingerprint density at radius 1 is 1.32 bits per heavy atom. The molecule has 0 aliphatic rings. The molecule has 1 aromatic carbocycles. The summed E-state index contributed by atoms with van der Waals surface area (Å²) in [6, 6.07) is 4.57. The first-order valence-electron chi connectivity index (χ1n) is 6.19. The average molecular weight is 287 g/mol. The maximum atomic E-state index is 11.2. The lowest BCUT2D eigenvalue weighted by Gasteiger charge is -2.09. The smallest absolute Gasteiger partial charge is 0.240 e.